The SMILES string of the molecule is O=C1c2ccccc2C(=O)N1OC(=O)C1(C2CCCCC2)CC1. The molecule has 0 saturated heterocycles. The van der Waals surface area contributed by atoms with Crippen LogP contribution in [0.5, 0.6) is 0 Å². The topological polar surface area (TPSA) is 63.7 Å². The van der Waals surface area contributed by atoms with Crippen LogP contribution in [-0.4, -0.2) is 22.8 Å². The number of nitrogens with zero attached hydrogens (tertiary/aromatic N) is 1. The molecule has 3 aliphatic rings. The van der Waals surface area contributed by atoms with Gasteiger partial charge in [-0.1, -0.05) is 36.5 Å². The predicted molar refractivity (Wildman–Crippen MR) is 81.3 cm³/mol. The molecule has 5 nitrogen and oxygen atoms in total. The second-order valence-electron chi connectivity index (χ2n) is 6.82. The van der Waals surface area contributed by atoms with Gasteiger partial charge in [0.15, 0.2) is 0 Å². The fourth-order valence-electron chi connectivity index (χ4n) is 3.99. The summed E-state index contributed by atoms with van der Waals surface area (Å²) in [6.45, 7) is 0. The van der Waals surface area contributed by atoms with Crippen molar-refractivity contribution in [1.82, 2.24) is 5.06 Å². The zero-order valence-corrected chi connectivity index (χ0v) is 12.9. The monoisotopic (exact) mass is 313 g/mol. The van der Waals surface area contributed by atoms with Crippen molar-refractivity contribution >= 4 is 17.8 Å². The summed E-state index contributed by atoms with van der Waals surface area (Å²) in [4.78, 5) is 42.5. The molecule has 0 atom stereocenters. The minimum Gasteiger partial charge on any atom is -0.329 e. The highest BCUT2D eigenvalue weighted by Gasteiger charge is 2.58. The maximum Gasteiger partial charge on any atom is 0.339 e. The molecule has 0 N–H and O–H groups in total. The number of fused-ring (bicyclic) bond motifs is 1. The van der Waals surface area contributed by atoms with Crippen LogP contribution in [0.15, 0.2) is 24.3 Å². The summed E-state index contributed by atoms with van der Waals surface area (Å²) in [5.74, 6) is -1.16. The Kier molecular flexibility index (Phi) is 3.25. The molecular formula is C18H19NO4. The van der Waals surface area contributed by atoms with Gasteiger partial charge in [0, 0.05) is 0 Å². The van der Waals surface area contributed by atoms with E-state index in [2.05, 4.69) is 0 Å². The van der Waals surface area contributed by atoms with Gasteiger partial charge in [-0.3, -0.25) is 9.59 Å². The van der Waals surface area contributed by atoms with Crippen LogP contribution in [0, 0.1) is 11.3 Å². The molecule has 0 spiro atoms. The Balaban J connectivity index is 1.52. The molecule has 0 aromatic heterocycles. The lowest BCUT2D eigenvalue weighted by atomic mass is 9.78. The van der Waals surface area contributed by atoms with Crippen molar-refractivity contribution in [2.24, 2.45) is 11.3 Å². The summed E-state index contributed by atoms with van der Waals surface area (Å²) < 4.78 is 0. The van der Waals surface area contributed by atoms with Crippen molar-refractivity contribution in [1.29, 1.82) is 0 Å². The van der Waals surface area contributed by atoms with Crippen LogP contribution in [0.1, 0.15) is 65.7 Å². The summed E-state index contributed by atoms with van der Waals surface area (Å²) in [6.07, 6.45) is 7.20. The van der Waals surface area contributed by atoms with Gasteiger partial charge in [-0.05, 0) is 43.7 Å². The number of imide groups is 1. The number of carbonyl (C=O) groups is 3. The van der Waals surface area contributed by atoms with Crippen LogP contribution in [0.3, 0.4) is 0 Å². The Morgan fingerprint density at radius 2 is 1.57 bits per heavy atom. The minimum absolute atomic E-state index is 0.299. The number of rotatable bonds is 3. The van der Waals surface area contributed by atoms with Crippen LogP contribution in [-0.2, 0) is 9.63 Å². The maximum atomic E-state index is 12.7. The van der Waals surface area contributed by atoms with E-state index in [-0.39, 0.29) is 0 Å². The van der Waals surface area contributed by atoms with Crippen LogP contribution >= 0.6 is 0 Å². The molecule has 5 heteroatoms. The Morgan fingerprint density at radius 1 is 1.00 bits per heavy atom. The second-order valence-corrected chi connectivity index (χ2v) is 6.82. The third kappa shape index (κ3) is 2.18. The molecule has 0 radical (unpaired) electrons. The van der Waals surface area contributed by atoms with Crippen molar-refractivity contribution in [2.75, 3.05) is 0 Å². The first-order chi connectivity index (χ1) is 11.1. The lowest BCUT2D eigenvalue weighted by Crippen LogP contribution is -2.38. The Labute approximate surface area is 134 Å². The van der Waals surface area contributed by atoms with Gasteiger partial charge < -0.3 is 4.84 Å². The number of hydroxylamine groups is 2. The first kappa shape index (κ1) is 14.4. The summed E-state index contributed by atoms with van der Waals surface area (Å²) in [5, 5.41) is 0.649. The largest absolute Gasteiger partial charge is 0.339 e. The van der Waals surface area contributed by atoms with E-state index in [4.69, 9.17) is 4.84 Å². The number of benzene rings is 1. The molecule has 1 heterocycles. The highest BCUT2D eigenvalue weighted by atomic mass is 16.7. The number of hydrogen-bond acceptors (Lipinski definition) is 4. The smallest absolute Gasteiger partial charge is 0.329 e. The van der Waals surface area contributed by atoms with E-state index in [0.29, 0.717) is 22.1 Å². The van der Waals surface area contributed by atoms with Gasteiger partial charge in [-0.15, -0.1) is 0 Å². The Morgan fingerprint density at radius 3 is 2.09 bits per heavy atom. The van der Waals surface area contributed by atoms with Crippen molar-refractivity contribution in [3.8, 4) is 0 Å². The minimum atomic E-state index is -0.543. The van der Waals surface area contributed by atoms with Crippen molar-refractivity contribution in [3.63, 3.8) is 0 Å². The molecule has 120 valence electrons. The number of hydrogen-bond donors (Lipinski definition) is 0. The Hall–Kier alpha value is -2.17. The molecule has 0 bridgehead atoms. The van der Waals surface area contributed by atoms with E-state index in [9.17, 15) is 14.4 Å². The number of amides is 2. The molecule has 0 unspecified atom stereocenters. The lowest BCUT2D eigenvalue weighted by molar-refractivity contribution is -0.178. The quantitative estimate of drug-likeness (QED) is 0.804. The normalized spacial score (nSPS) is 22.9. The fourth-order valence-corrected chi connectivity index (χ4v) is 3.99. The van der Waals surface area contributed by atoms with E-state index in [1.165, 1.54) is 6.42 Å². The zero-order valence-electron chi connectivity index (χ0n) is 12.9. The fraction of sp³-hybridized carbons (Fsp3) is 0.500. The van der Waals surface area contributed by atoms with E-state index < -0.39 is 23.2 Å². The summed E-state index contributed by atoms with van der Waals surface area (Å²) >= 11 is 0. The average molecular weight is 313 g/mol. The third-order valence-electron chi connectivity index (χ3n) is 5.51. The van der Waals surface area contributed by atoms with Gasteiger partial charge in [0.1, 0.15) is 0 Å². The van der Waals surface area contributed by atoms with Gasteiger partial charge in [-0.2, -0.15) is 0 Å². The molecule has 1 aliphatic heterocycles. The standard InChI is InChI=1S/C18H19NO4/c20-15-13-8-4-5-9-14(13)16(21)19(15)23-17(22)18(10-11-18)12-6-2-1-3-7-12/h4-5,8-9,12H,1-3,6-7,10-11H2. The van der Waals surface area contributed by atoms with E-state index in [1.54, 1.807) is 24.3 Å². The molecule has 2 fully saturated rings. The van der Waals surface area contributed by atoms with Crippen LogP contribution in [0.2, 0.25) is 0 Å². The first-order valence-corrected chi connectivity index (χ1v) is 8.34. The molecule has 2 saturated carbocycles. The third-order valence-corrected chi connectivity index (χ3v) is 5.51. The predicted octanol–water partition coefficient (Wildman–Crippen LogP) is 3.10. The molecular weight excluding hydrogens is 294 g/mol. The summed E-state index contributed by atoms with van der Waals surface area (Å²) in [7, 11) is 0. The first-order valence-electron chi connectivity index (χ1n) is 8.34. The summed E-state index contributed by atoms with van der Waals surface area (Å²) in [6, 6.07) is 6.55. The van der Waals surface area contributed by atoms with Gasteiger partial charge in [-0.25, -0.2) is 4.79 Å². The van der Waals surface area contributed by atoms with Crippen molar-refractivity contribution < 1.29 is 19.2 Å². The zero-order chi connectivity index (χ0) is 16.0. The van der Waals surface area contributed by atoms with Crippen molar-refractivity contribution in [2.45, 2.75) is 44.9 Å². The van der Waals surface area contributed by atoms with Gasteiger partial charge in [0.05, 0.1) is 16.5 Å². The molecule has 1 aromatic carbocycles. The highest BCUT2D eigenvalue weighted by Crippen LogP contribution is 2.57. The van der Waals surface area contributed by atoms with Crippen LogP contribution in [0.4, 0.5) is 0 Å². The summed E-state index contributed by atoms with van der Waals surface area (Å²) in [5.41, 5.74) is 0.135. The molecule has 2 aliphatic carbocycles. The highest BCUT2D eigenvalue weighted by molar-refractivity contribution is 6.20. The van der Waals surface area contributed by atoms with Crippen molar-refractivity contribution in [3.05, 3.63) is 35.4 Å². The number of carbonyl (C=O) groups excluding carboxylic acids is 3. The van der Waals surface area contributed by atoms with E-state index in [1.807, 2.05) is 0 Å². The maximum absolute atomic E-state index is 12.7. The molecule has 1 aromatic rings. The van der Waals surface area contributed by atoms with Gasteiger partial charge >= 0.3 is 5.97 Å². The van der Waals surface area contributed by atoms with E-state index in [0.717, 1.165) is 38.5 Å². The van der Waals surface area contributed by atoms with Gasteiger partial charge in [0.25, 0.3) is 11.8 Å². The van der Waals surface area contributed by atoms with Crippen LogP contribution < -0.4 is 0 Å². The van der Waals surface area contributed by atoms with Crippen LogP contribution in [0.25, 0.3) is 0 Å². The lowest BCUT2D eigenvalue weighted by Gasteiger charge is -2.29. The molecule has 2 amide bonds. The van der Waals surface area contributed by atoms with E-state index >= 15 is 0 Å². The molecule has 23 heavy (non-hydrogen) atoms. The molecule has 4 rings (SSSR count). The van der Waals surface area contributed by atoms with Gasteiger partial charge in [0.2, 0.25) is 0 Å². The average Bonchev–Trinajstić information content (AvgIpc) is 3.37. The second kappa shape index (κ2) is 5.18. The Bertz CT molecular complexity index is 651.